The van der Waals surface area contributed by atoms with Gasteiger partial charge in [-0.25, -0.2) is 4.39 Å². The molecule has 0 spiro atoms. The van der Waals surface area contributed by atoms with Gasteiger partial charge in [0, 0.05) is 13.0 Å². The molecule has 0 aliphatic carbocycles. The van der Waals surface area contributed by atoms with Crippen molar-refractivity contribution in [2.75, 3.05) is 10.6 Å². The molecule has 6 heteroatoms. The van der Waals surface area contributed by atoms with Crippen molar-refractivity contribution in [2.45, 2.75) is 6.92 Å². The average molecular weight is 262 g/mol. The zero-order valence-electron chi connectivity index (χ0n) is 10.1. The smallest absolute Gasteiger partial charge is 0.291 e. The third kappa shape index (κ3) is 3.19. The van der Waals surface area contributed by atoms with Gasteiger partial charge in [-0.05, 0) is 18.2 Å². The summed E-state index contributed by atoms with van der Waals surface area (Å²) < 4.78 is 18.4. The second kappa shape index (κ2) is 5.34. The maximum atomic E-state index is 13.3. The first kappa shape index (κ1) is 12.8. The maximum absolute atomic E-state index is 13.3. The van der Waals surface area contributed by atoms with E-state index in [1.54, 1.807) is 6.07 Å². The lowest BCUT2D eigenvalue weighted by molar-refractivity contribution is -0.114. The van der Waals surface area contributed by atoms with Crippen LogP contribution in [0.15, 0.2) is 40.8 Å². The summed E-state index contributed by atoms with van der Waals surface area (Å²) in [6.45, 7) is 1.32. The summed E-state index contributed by atoms with van der Waals surface area (Å²) in [5.74, 6) is -1.31. The lowest BCUT2D eigenvalue weighted by Gasteiger charge is -2.03. The predicted molar refractivity (Wildman–Crippen MR) is 67.4 cm³/mol. The second-order valence-corrected chi connectivity index (χ2v) is 3.78. The molecule has 1 aromatic carbocycles. The van der Waals surface area contributed by atoms with Crippen molar-refractivity contribution >= 4 is 23.4 Å². The minimum Gasteiger partial charge on any atom is -0.435 e. The molecule has 1 heterocycles. The van der Waals surface area contributed by atoms with Gasteiger partial charge in [0.2, 0.25) is 5.91 Å². The van der Waals surface area contributed by atoms with Crippen LogP contribution in [0.4, 0.5) is 16.0 Å². The molecule has 98 valence electrons. The number of furan rings is 1. The Kier molecular flexibility index (Phi) is 3.61. The van der Waals surface area contributed by atoms with Gasteiger partial charge >= 0.3 is 0 Å². The third-order valence-electron chi connectivity index (χ3n) is 2.25. The van der Waals surface area contributed by atoms with E-state index < -0.39 is 11.7 Å². The number of rotatable bonds is 3. The summed E-state index contributed by atoms with van der Waals surface area (Å²) in [5, 5.41) is 4.77. The summed E-state index contributed by atoms with van der Waals surface area (Å²) in [6, 6.07) is 8.63. The van der Waals surface area contributed by atoms with Crippen molar-refractivity contribution in [3.8, 4) is 0 Å². The molecule has 0 aliphatic heterocycles. The molecule has 0 aliphatic rings. The second-order valence-electron chi connectivity index (χ2n) is 3.78. The van der Waals surface area contributed by atoms with Gasteiger partial charge in [-0.15, -0.1) is 0 Å². The van der Waals surface area contributed by atoms with Crippen molar-refractivity contribution in [2.24, 2.45) is 0 Å². The Labute approximate surface area is 108 Å². The van der Waals surface area contributed by atoms with E-state index >= 15 is 0 Å². The zero-order chi connectivity index (χ0) is 13.8. The average Bonchev–Trinajstić information content (AvgIpc) is 2.79. The fourth-order valence-corrected chi connectivity index (χ4v) is 1.45. The first-order valence-electron chi connectivity index (χ1n) is 5.49. The summed E-state index contributed by atoms with van der Waals surface area (Å²) in [5.41, 5.74) is 0.0602. The van der Waals surface area contributed by atoms with Crippen molar-refractivity contribution < 1.29 is 18.4 Å². The number of anilines is 2. The van der Waals surface area contributed by atoms with Crippen molar-refractivity contribution in [3.63, 3.8) is 0 Å². The van der Waals surface area contributed by atoms with E-state index in [1.165, 1.54) is 37.3 Å². The topological polar surface area (TPSA) is 71.3 Å². The quantitative estimate of drug-likeness (QED) is 0.893. The number of halogens is 1. The lowest BCUT2D eigenvalue weighted by atomic mass is 10.3. The predicted octanol–water partition coefficient (Wildman–Crippen LogP) is 2.63. The molecule has 0 atom stereocenters. The highest BCUT2D eigenvalue weighted by Crippen LogP contribution is 2.17. The number of hydrogen-bond acceptors (Lipinski definition) is 3. The highest BCUT2D eigenvalue weighted by Gasteiger charge is 2.13. The summed E-state index contributed by atoms with van der Waals surface area (Å²) >= 11 is 0. The van der Waals surface area contributed by atoms with Crippen LogP contribution in [0, 0.1) is 5.82 Å². The summed E-state index contributed by atoms with van der Waals surface area (Å²) in [7, 11) is 0. The minimum absolute atomic E-state index is 0.0213. The molecule has 0 bridgehead atoms. The molecule has 2 rings (SSSR count). The normalized spacial score (nSPS) is 10.0. The third-order valence-corrected chi connectivity index (χ3v) is 2.25. The summed E-state index contributed by atoms with van der Waals surface area (Å²) in [4.78, 5) is 22.6. The molecule has 0 radical (unpaired) electrons. The Morgan fingerprint density at radius 1 is 1.11 bits per heavy atom. The summed E-state index contributed by atoms with van der Waals surface area (Å²) in [6.07, 6.45) is 0. The van der Waals surface area contributed by atoms with Gasteiger partial charge in [-0.2, -0.15) is 0 Å². The molecule has 2 aromatic rings. The lowest BCUT2D eigenvalue weighted by Crippen LogP contribution is -2.12. The number of carbonyl (C=O) groups excluding carboxylic acids is 2. The number of amides is 2. The van der Waals surface area contributed by atoms with Crippen LogP contribution in [0.1, 0.15) is 17.5 Å². The van der Waals surface area contributed by atoms with E-state index in [2.05, 4.69) is 10.6 Å². The van der Waals surface area contributed by atoms with E-state index in [-0.39, 0.29) is 23.2 Å². The van der Waals surface area contributed by atoms with Gasteiger partial charge in [0.25, 0.3) is 5.91 Å². The fraction of sp³-hybridized carbons (Fsp3) is 0.0769. The number of carbonyl (C=O) groups is 2. The van der Waals surface area contributed by atoms with Crippen LogP contribution < -0.4 is 10.6 Å². The fourth-order valence-electron chi connectivity index (χ4n) is 1.45. The zero-order valence-corrected chi connectivity index (χ0v) is 10.1. The molecule has 0 unspecified atom stereocenters. The van der Waals surface area contributed by atoms with Gasteiger partial charge < -0.3 is 9.73 Å². The van der Waals surface area contributed by atoms with E-state index in [1.807, 2.05) is 0 Å². The monoisotopic (exact) mass is 262 g/mol. The Balaban J connectivity index is 2.10. The number of nitrogens with one attached hydrogen (secondary N) is 2. The van der Waals surface area contributed by atoms with Gasteiger partial charge in [0.15, 0.2) is 11.6 Å². The highest BCUT2D eigenvalue weighted by atomic mass is 19.1. The Bertz CT molecular complexity index is 622. The Hall–Kier alpha value is -2.63. The van der Waals surface area contributed by atoms with Gasteiger partial charge in [-0.3, -0.25) is 14.9 Å². The van der Waals surface area contributed by atoms with E-state index in [0.717, 1.165) is 0 Å². The largest absolute Gasteiger partial charge is 0.435 e. The molecule has 2 N–H and O–H groups in total. The first-order valence-corrected chi connectivity index (χ1v) is 5.49. The molecule has 2 amide bonds. The van der Waals surface area contributed by atoms with Crippen LogP contribution in [-0.4, -0.2) is 11.8 Å². The number of para-hydroxylation sites is 1. The van der Waals surface area contributed by atoms with Crippen molar-refractivity contribution in [3.05, 3.63) is 48.0 Å². The molecule has 1 aromatic heterocycles. The molecule has 0 saturated carbocycles. The molecule has 0 saturated heterocycles. The SMILES string of the molecule is CC(=O)Nc1ccc(C(=O)Nc2ccccc2F)o1. The van der Waals surface area contributed by atoms with Crippen LogP contribution in [0.25, 0.3) is 0 Å². The maximum Gasteiger partial charge on any atom is 0.291 e. The molecule has 19 heavy (non-hydrogen) atoms. The van der Waals surface area contributed by atoms with Crippen LogP contribution in [0.2, 0.25) is 0 Å². The van der Waals surface area contributed by atoms with Crippen LogP contribution in [-0.2, 0) is 4.79 Å². The molecule has 0 fully saturated rings. The van der Waals surface area contributed by atoms with Crippen molar-refractivity contribution in [1.82, 2.24) is 0 Å². The van der Waals surface area contributed by atoms with Crippen LogP contribution >= 0.6 is 0 Å². The Morgan fingerprint density at radius 3 is 2.53 bits per heavy atom. The number of benzene rings is 1. The van der Waals surface area contributed by atoms with Crippen LogP contribution in [0.3, 0.4) is 0 Å². The molecular formula is C13H11FN2O3. The molecular weight excluding hydrogens is 251 g/mol. The van der Waals surface area contributed by atoms with E-state index in [0.29, 0.717) is 0 Å². The standard InChI is InChI=1S/C13H11FN2O3/c1-8(17)15-12-7-6-11(19-12)13(18)16-10-5-3-2-4-9(10)14/h2-7H,1H3,(H,15,17)(H,16,18). The van der Waals surface area contributed by atoms with Crippen LogP contribution in [0.5, 0.6) is 0 Å². The Morgan fingerprint density at radius 2 is 1.84 bits per heavy atom. The first-order chi connectivity index (χ1) is 9.06. The highest BCUT2D eigenvalue weighted by molar-refractivity contribution is 6.02. The van der Waals surface area contributed by atoms with Crippen molar-refractivity contribution in [1.29, 1.82) is 0 Å². The minimum atomic E-state index is -0.596. The van der Waals surface area contributed by atoms with Gasteiger partial charge in [-0.1, -0.05) is 12.1 Å². The number of hydrogen-bond donors (Lipinski definition) is 2. The molecule has 5 nitrogen and oxygen atoms in total. The van der Waals surface area contributed by atoms with Gasteiger partial charge in [0.1, 0.15) is 5.82 Å². The van der Waals surface area contributed by atoms with E-state index in [4.69, 9.17) is 4.42 Å². The van der Waals surface area contributed by atoms with Gasteiger partial charge in [0.05, 0.1) is 5.69 Å². The van der Waals surface area contributed by atoms with E-state index in [9.17, 15) is 14.0 Å².